The van der Waals surface area contributed by atoms with Gasteiger partial charge in [0.05, 0.1) is 0 Å². The van der Waals surface area contributed by atoms with E-state index in [1.165, 1.54) is 5.56 Å². The molecule has 0 aromatic heterocycles. The molecule has 1 atom stereocenters. The molecule has 0 N–H and O–H groups in total. The number of nitrogens with zero attached hydrogens (tertiary/aromatic N) is 2. The molecule has 1 fully saturated rings. The molecule has 2 aliphatic heterocycles. The van der Waals surface area contributed by atoms with Crippen LogP contribution in [-0.4, -0.2) is 35.8 Å². The van der Waals surface area contributed by atoms with Gasteiger partial charge in [0.1, 0.15) is 0 Å². The second kappa shape index (κ2) is 6.94. The van der Waals surface area contributed by atoms with Crippen LogP contribution in [0.1, 0.15) is 35.7 Å². The maximum absolute atomic E-state index is 13.1. The Kier molecular flexibility index (Phi) is 4.49. The van der Waals surface area contributed by atoms with E-state index in [2.05, 4.69) is 13.0 Å². The molecule has 2 aliphatic rings. The molecule has 4 heteroatoms. The lowest BCUT2D eigenvalue weighted by Crippen LogP contribution is -2.46. The zero-order chi connectivity index (χ0) is 18.1. The number of piperidine rings is 1. The maximum Gasteiger partial charge on any atom is 0.253 e. The molecule has 1 saturated heterocycles. The fourth-order valence-corrected chi connectivity index (χ4v) is 4.19. The zero-order valence-corrected chi connectivity index (χ0v) is 15.1. The number of anilines is 1. The van der Waals surface area contributed by atoms with E-state index in [-0.39, 0.29) is 23.8 Å². The van der Waals surface area contributed by atoms with Gasteiger partial charge in [-0.2, -0.15) is 0 Å². The summed E-state index contributed by atoms with van der Waals surface area (Å²) in [6.07, 6.45) is 2.40. The van der Waals surface area contributed by atoms with E-state index < -0.39 is 0 Å². The normalized spacial score (nSPS) is 20.1. The predicted octanol–water partition coefficient (Wildman–Crippen LogP) is 3.52. The number of benzene rings is 2. The van der Waals surface area contributed by atoms with Gasteiger partial charge in [0.2, 0.25) is 5.91 Å². The number of para-hydroxylation sites is 1. The molecule has 2 aromatic carbocycles. The Labute approximate surface area is 154 Å². The van der Waals surface area contributed by atoms with Crippen LogP contribution < -0.4 is 4.90 Å². The van der Waals surface area contributed by atoms with Crippen molar-refractivity contribution in [1.29, 1.82) is 0 Å². The highest BCUT2D eigenvalue weighted by atomic mass is 16.2. The van der Waals surface area contributed by atoms with Crippen molar-refractivity contribution < 1.29 is 9.59 Å². The predicted molar refractivity (Wildman–Crippen MR) is 102 cm³/mol. The van der Waals surface area contributed by atoms with E-state index in [0.29, 0.717) is 13.1 Å². The molecule has 0 saturated carbocycles. The topological polar surface area (TPSA) is 40.6 Å². The zero-order valence-electron chi connectivity index (χ0n) is 15.1. The molecule has 2 amide bonds. The molecule has 134 valence electrons. The summed E-state index contributed by atoms with van der Waals surface area (Å²) in [6, 6.07) is 17.8. The summed E-state index contributed by atoms with van der Waals surface area (Å²) in [7, 11) is 0. The smallest absolute Gasteiger partial charge is 0.253 e. The molecule has 4 nitrogen and oxygen atoms in total. The monoisotopic (exact) mass is 348 g/mol. The third-order valence-electron chi connectivity index (χ3n) is 5.60. The van der Waals surface area contributed by atoms with E-state index in [4.69, 9.17) is 0 Å². The van der Waals surface area contributed by atoms with Gasteiger partial charge in [0, 0.05) is 36.3 Å². The highest BCUT2D eigenvalue weighted by Gasteiger charge is 2.36. The first-order valence-corrected chi connectivity index (χ1v) is 9.40. The number of hydrogen-bond donors (Lipinski definition) is 0. The van der Waals surface area contributed by atoms with Gasteiger partial charge in [-0.1, -0.05) is 36.4 Å². The van der Waals surface area contributed by atoms with E-state index in [1.807, 2.05) is 58.3 Å². The average molecular weight is 348 g/mol. The lowest BCUT2D eigenvalue weighted by molar-refractivity contribution is -0.124. The highest BCUT2D eigenvalue weighted by molar-refractivity contribution is 5.98. The molecule has 2 aromatic rings. The molecule has 0 spiro atoms. The van der Waals surface area contributed by atoms with Crippen molar-refractivity contribution in [3.8, 4) is 0 Å². The van der Waals surface area contributed by atoms with Gasteiger partial charge in [-0.25, -0.2) is 0 Å². The number of carbonyl (C=O) groups excluding carboxylic acids is 2. The van der Waals surface area contributed by atoms with Gasteiger partial charge < -0.3 is 9.80 Å². The molecule has 4 rings (SSSR count). The second-order valence-electron chi connectivity index (χ2n) is 7.32. The van der Waals surface area contributed by atoms with Crippen LogP contribution in [0.2, 0.25) is 0 Å². The molecule has 26 heavy (non-hydrogen) atoms. The SMILES string of the molecule is C[C@@H]1Cc2ccccc2N1C(=O)C1CCN(C(=O)c2ccccc2)CC1. The van der Waals surface area contributed by atoms with Crippen LogP contribution in [0.3, 0.4) is 0 Å². The standard InChI is InChI=1S/C22H24N2O2/c1-16-15-19-9-5-6-10-20(19)24(16)22(26)18-11-13-23(14-12-18)21(25)17-7-3-2-4-8-17/h2-10,16,18H,11-15H2,1H3/t16-/m1/s1. The molecular weight excluding hydrogens is 324 g/mol. The number of fused-ring (bicyclic) bond motifs is 1. The van der Waals surface area contributed by atoms with Crippen LogP contribution in [0, 0.1) is 5.92 Å². The largest absolute Gasteiger partial charge is 0.339 e. The van der Waals surface area contributed by atoms with Gasteiger partial charge in [-0.05, 0) is 49.9 Å². The van der Waals surface area contributed by atoms with Gasteiger partial charge >= 0.3 is 0 Å². The van der Waals surface area contributed by atoms with Crippen LogP contribution in [-0.2, 0) is 11.2 Å². The first kappa shape index (κ1) is 16.8. The van der Waals surface area contributed by atoms with Crippen LogP contribution in [0.15, 0.2) is 54.6 Å². The summed E-state index contributed by atoms with van der Waals surface area (Å²) in [6.45, 7) is 3.41. The Balaban J connectivity index is 1.42. The minimum atomic E-state index is 0.00318. The molecule has 0 bridgehead atoms. The minimum absolute atomic E-state index is 0.00318. The number of hydrogen-bond acceptors (Lipinski definition) is 2. The Hall–Kier alpha value is -2.62. The Morgan fingerprint density at radius 3 is 2.31 bits per heavy atom. The highest BCUT2D eigenvalue weighted by Crippen LogP contribution is 2.34. The average Bonchev–Trinajstić information content (AvgIpc) is 3.03. The van der Waals surface area contributed by atoms with Gasteiger partial charge in [0.25, 0.3) is 5.91 Å². The fourth-order valence-electron chi connectivity index (χ4n) is 4.19. The lowest BCUT2D eigenvalue weighted by Gasteiger charge is -2.34. The van der Waals surface area contributed by atoms with E-state index >= 15 is 0 Å². The van der Waals surface area contributed by atoms with Crippen molar-refractivity contribution >= 4 is 17.5 Å². The van der Waals surface area contributed by atoms with Crippen LogP contribution in [0.25, 0.3) is 0 Å². The van der Waals surface area contributed by atoms with Crippen LogP contribution in [0.5, 0.6) is 0 Å². The molecule has 0 aliphatic carbocycles. The lowest BCUT2D eigenvalue weighted by atomic mass is 9.94. The van der Waals surface area contributed by atoms with Crippen molar-refractivity contribution in [1.82, 2.24) is 4.90 Å². The van der Waals surface area contributed by atoms with E-state index in [9.17, 15) is 9.59 Å². The second-order valence-corrected chi connectivity index (χ2v) is 7.32. The molecule has 2 heterocycles. The van der Waals surface area contributed by atoms with Gasteiger partial charge in [-0.15, -0.1) is 0 Å². The summed E-state index contributed by atoms with van der Waals surface area (Å²) < 4.78 is 0. The Morgan fingerprint density at radius 1 is 0.923 bits per heavy atom. The van der Waals surface area contributed by atoms with Crippen molar-refractivity contribution in [3.63, 3.8) is 0 Å². The van der Waals surface area contributed by atoms with Crippen molar-refractivity contribution in [3.05, 3.63) is 65.7 Å². The van der Waals surface area contributed by atoms with Crippen molar-refractivity contribution in [2.24, 2.45) is 5.92 Å². The molecule has 0 unspecified atom stereocenters. The number of amides is 2. The van der Waals surface area contributed by atoms with E-state index in [0.717, 1.165) is 30.5 Å². The first-order chi connectivity index (χ1) is 12.6. The van der Waals surface area contributed by atoms with Crippen LogP contribution in [0.4, 0.5) is 5.69 Å². The third-order valence-corrected chi connectivity index (χ3v) is 5.60. The molecule has 0 radical (unpaired) electrons. The van der Waals surface area contributed by atoms with E-state index in [1.54, 1.807) is 0 Å². The molecular formula is C22H24N2O2. The number of carbonyl (C=O) groups is 2. The quantitative estimate of drug-likeness (QED) is 0.833. The Morgan fingerprint density at radius 2 is 1.58 bits per heavy atom. The summed E-state index contributed by atoms with van der Waals surface area (Å²) in [5.41, 5.74) is 3.04. The maximum atomic E-state index is 13.1. The number of rotatable bonds is 2. The fraction of sp³-hybridized carbons (Fsp3) is 0.364. The summed E-state index contributed by atoms with van der Waals surface area (Å²) >= 11 is 0. The van der Waals surface area contributed by atoms with Crippen LogP contribution >= 0.6 is 0 Å². The number of likely N-dealkylation sites (tertiary alicyclic amines) is 1. The third kappa shape index (κ3) is 3.00. The van der Waals surface area contributed by atoms with Gasteiger partial charge in [0.15, 0.2) is 0 Å². The summed E-state index contributed by atoms with van der Waals surface area (Å²) in [5.74, 6) is 0.286. The van der Waals surface area contributed by atoms with Gasteiger partial charge in [-0.3, -0.25) is 9.59 Å². The minimum Gasteiger partial charge on any atom is -0.339 e. The van der Waals surface area contributed by atoms with Crippen molar-refractivity contribution in [2.75, 3.05) is 18.0 Å². The summed E-state index contributed by atoms with van der Waals surface area (Å²) in [5, 5.41) is 0. The van der Waals surface area contributed by atoms with Crippen molar-refractivity contribution in [2.45, 2.75) is 32.2 Å². The summed E-state index contributed by atoms with van der Waals surface area (Å²) in [4.78, 5) is 29.6. The first-order valence-electron chi connectivity index (χ1n) is 9.40. The Bertz CT molecular complexity index is 810.